The van der Waals surface area contributed by atoms with Crippen molar-refractivity contribution in [3.05, 3.63) is 29.6 Å². The van der Waals surface area contributed by atoms with E-state index >= 15 is 0 Å². The summed E-state index contributed by atoms with van der Waals surface area (Å²) in [7, 11) is 0. The highest BCUT2D eigenvalue weighted by molar-refractivity contribution is 5.77. The average Bonchev–Trinajstić information content (AvgIpc) is 3.12. The third-order valence-electron chi connectivity index (χ3n) is 3.93. The minimum Gasteiger partial charge on any atom is -0.327 e. The molecule has 3 heteroatoms. The van der Waals surface area contributed by atoms with Gasteiger partial charge < -0.3 is 10.3 Å². The number of rotatable bonds is 5. The number of benzene rings is 1. The minimum absolute atomic E-state index is 0.236. The molecule has 0 amide bonds. The number of nitrogens with zero attached hydrogens (tertiary/aromatic N) is 2. The molecule has 3 nitrogen and oxygen atoms in total. The first-order valence-corrected chi connectivity index (χ1v) is 7.42. The SMILES string of the molecule is CCCC(N)Cc1nc2cc(C)ccc2n1C1CC1. The Hall–Kier alpha value is -1.35. The van der Waals surface area contributed by atoms with Crippen molar-refractivity contribution < 1.29 is 0 Å². The second-order valence-corrected chi connectivity index (χ2v) is 5.87. The molecule has 1 fully saturated rings. The van der Waals surface area contributed by atoms with Crippen molar-refractivity contribution in [3.8, 4) is 0 Å². The van der Waals surface area contributed by atoms with Crippen LogP contribution in [0.25, 0.3) is 11.0 Å². The van der Waals surface area contributed by atoms with Gasteiger partial charge in [0.2, 0.25) is 0 Å². The molecule has 1 atom stereocenters. The van der Waals surface area contributed by atoms with E-state index in [1.807, 2.05) is 0 Å². The van der Waals surface area contributed by atoms with Gasteiger partial charge in [0.15, 0.2) is 0 Å². The van der Waals surface area contributed by atoms with E-state index in [1.54, 1.807) is 0 Å². The first-order valence-electron chi connectivity index (χ1n) is 7.42. The van der Waals surface area contributed by atoms with E-state index in [2.05, 4.69) is 36.6 Å². The average molecular weight is 257 g/mol. The standard InChI is InChI=1S/C16H23N3/c1-3-4-12(17)10-16-18-14-9-11(2)5-8-15(14)19(16)13-6-7-13/h5,8-9,12-13H,3-4,6-7,10,17H2,1-2H3. The molecule has 3 rings (SSSR count). The van der Waals surface area contributed by atoms with Crippen molar-refractivity contribution in [2.45, 2.75) is 58.0 Å². The second-order valence-electron chi connectivity index (χ2n) is 5.87. The Morgan fingerprint density at radius 1 is 1.42 bits per heavy atom. The molecule has 0 bridgehead atoms. The summed E-state index contributed by atoms with van der Waals surface area (Å²) in [5, 5.41) is 0. The smallest absolute Gasteiger partial charge is 0.111 e. The monoisotopic (exact) mass is 257 g/mol. The quantitative estimate of drug-likeness (QED) is 0.892. The number of aryl methyl sites for hydroxylation is 1. The van der Waals surface area contributed by atoms with Crippen LogP contribution in [0.1, 0.15) is 50.0 Å². The maximum Gasteiger partial charge on any atom is 0.111 e. The Labute approximate surface area is 114 Å². The van der Waals surface area contributed by atoms with Crippen LogP contribution in [0.4, 0.5) is 0 Å². The van der Waals surface area contributed by atoms with Crippen LogP contribution in [-0.2, 0) is 6.42 Å². The van der Waals surface area contributed by atoms with Crippen LogP contribution in [0.2, 0.25) is 0 Å². The van der Waals surface area contributed by atoms with Crippen LogP contribution < -0.4 is 5.73 Å². The Bertz CT molecular complexity index is 581. The van der Waals surface area contributed by atoms with E-state index in [4.69, 9.17) is 10.7 Å². The van der Waals surface area contributed by atoms with Gasteiger partial charge >= 0.3 is 0 Å². The Morgan fingerprint density at radius 3 is 2.89 bits per heavy atom. The summed E-state index contributed by atoms with van der Waals surface area (Å²) in [6, 6.07) is 7.48. The largest absolute Gasteiger partial charge is 0.327 e. The van der Waals surface area contributed by atoms with E-state index in [0.29, 0.717) is 6.04 Å². The molecule has 1 aromatic carbocycles. The molecule has 1 aliphatic rings. The molecule has 2 aromatic rings. The van der Waals surface area contributed by atoms with E-state index in [0.717, 1.165) is 24.8 Å². The summed E-state index contributed by atoms with van der Waals surface area (Å²) in [5.41, 5.74) is 9.89. The van der Waals surface area contributed by atoms with Crippen LogP contribution in [0.15, 0.2) is 18.2 Å². The highest BCUT2D eigenvalue weighted by Crippen LogP contribution is 2.39. The summed E-state index contributed by atoms with van der Waals surface area (Å²) in [5.74, 6) is 1.18. The van der Waals surface area contributed by atoms with Crippen molar-refractivity contribution in [2.75, 3.05) is 0 Å². The summed E-state index contributed by atoms with van der Waals surface area (Å²) in [4.78, 5) is 4.84. The second kappa shape index (κ2) is 4.97. The van der Waals surface area contributed by atoms with Gasteiger partial charge in [0.25, 0.3) is 0 Å². The summed E-state index contributed by atoms with van der Waals surface area (Å²) < 4.78 is 2.43. The first-order chi connectivity index (χ1) is 9.19. The van der Waals surface area contributed by atoms with Gasteiger partial charge in [-0.3, -0.25) is 0 Å². The molecule has 0 aliphatic heterocycles. The molecule has 19 heavy (non-hydrogen) atoms. The number of hydrogen-bond acceptors (Lipinski definition) is 2. The maximum atomic E-state index is 6.20. The van der Waals surface area contributed by atoms with Gasteiger partial charge in [-0.1, -0.05) is 19.4 Å². The molecule has 1 heterocycles. The summed E-state index contributed by atoms with van der Waals surface area (Å²) in [6.07, 6.45) is 5.69. The van der Waals surface area contributed by atoms with Crippen LogP contribution in [0.3, 0.4) is 0 Å². The van der Waals surface area contributed by atoms with Gasteiger partial charge in [-0.25, -0.2) is 4.98 Å². The minimum atomic E-state index is 0.236. The van der Waals surface area contributed by atoms with Gasteiger partial charge in [-0.2, -0.15) is 0 Å². The molecule has 0 radical (unpaired) electrons. The molecule has 1 unspecified atom stereocenters. The molecule has 0 saturated heterocycles. The van der Waals surface area contributed by atoms with Crippen LogP contribution >= 0.6 is 0 Å². The molecule has 2 N–H and O–H groups in total. The molecular formula is C16H23N3. The van der Waals surface area contributed by atoms with Gasteiger partial charge in [-0.05, 0) is 43.9 Å². The lowest BCUT2D eigenvalue weighted by molar-refractivity contribution is 0.564. The van der Waals surface area contributed by atoms with Crippen LogP contribution in [-0.4, -0.2) is 15.6 Å². The Morgan fingerprint density at radius 2 is 2.21 bits per heavy atom. The van der Waals surface area contributed by atoms with E-state index in [1.165, 1.54) is 29.7 Å². The van der Waals surface area contributed by atoms with Gasteiger partial charge in [0.1, 0.15) is 5.82 Å². The van der Waals surface area contributed by atoms with Crippen molar-refractivity contribution in [2.24, 2.45) is 5.73 Å². The van der Waals surface area contributed by atoms with E-state index in [-0.39, 0.29) is 6.04 Å². The zero-order chi connectivity index (χ0) is 13.4. The van der Waals surface area contributed by atoms with Gasteiger partial charge in [-0.15, -0.1) is 0 Å². The van der Waals surface area contributed by atoms with Gasteiger partial charge in [0.05, 0.1) is 11.0 Å². The molecule has 102 valence electrons. The molecular weight excluding hydrogens is 234 g/mol. The predicted octanol–water partition coefficient (Wildman–Crippen LogP) is 3.35. The van der Waals surface area contributed by atoms with Crippen LogP contribution in [0.5, 0.6) is 0 Å². The molecule has 1 aromatic heterocycles. The number of fused-ring (bicyclic) bond motifs is 1. The fourth-order valence-electron chi connectivity index (χ4n) is 2.85. The number of aromatic nitrogens is 2. The highest BCUT2D eigenvalue weighted by atomic mass is 15.1. The van der Waals surface area contributed by atoms with Gasteiger partial charge in [0, 0.05) is 18.5 Å². The highest BCUT2D eigenvalue weighted by Gasteiger charge is 2.28. The van der Waals surface area contributed by atoms with Crippen molar-refractivity contribution in [1.29, 1.82) is 0 Å². The normalized spacial score (nSPS) is 17.0. The number of nitrogens with two attached hydrogens (primary N) is 1. The number of imidazole rings is 1. The molecule has 1 saturated carbocycles. The fourth-order valence-corrected chi connectivity index (χ4v) is 2.85. The Kier molecular flexibility index (Phi) is 3.31. The topological polar surface area (TPSA) is 43.8 Å². The maximum absolute atomic E-state index is 6.20. The van der Waals surface area contributed by atoms with Crippen molar-refractivity contribution in [3.63, 3.8) is 0 Å². The number of hydrogen-bond donors (Lipinski definition) is 1. The summed E-state index contributed by atoms with van der Waals surface area (Å²) >= 11 is 0. The Balaban J connectivity index is 2.00. The predicted molar refractivity (Wildman–Crippen MR) is 79.3 cm³/mol. The molecule has 1 aliphatic carbocycles. The third kappa shape index (κ3) is 2.52. The van der Waals surface area contributed by atoms with Crippen molar-refractivity contribution >= 4 is 11.0 Å². The van der Waals surface area contributed by atoms with Crippen LogP contribution in [0, 0.1) is 6.92 Å². The fraction of sp³-hybridized carbons (Fsp3) is 0.562. The lowest BCUT2D eigenvalue weighted by Crippen LogP contribution is -2.24. The zero-order valence-electron chi connectivity index (χ0n) is 11.9. The van der Waals surface area contributed by atoms with Crippen molar-refractivity contribution in [1.82, 2.24) is 9.55 Å². The molecule has 0 spiro atoms. The first kappa shape index (κ1) is 12.7. The lowest BCUT2D eigenvalue weighted by atomic mass is 10.1. The van der Waals surface area contributed by atoms with E-state index < -0.39 is 0 Å². The lowest BCUT2D eigenvalue weighted by Gasteiger charge is -2.12. The zero-order valence-corrected chi connectivity index (χ0v) is 11.9. The van der Waals surface area contributed by atoms with E-state index in [9.17, 15) is 0 Å². The third-order valence-corrected chi connectivity index (χ3v) is 3.93. The summed E-state index contributed by atoms with van der Waals surface area (Å²) in [6.45, 7) is 4.31.